The molecule has 2 amide bonds. The standard InChI is InChI=1S/C13H18N2O2/c14-13(16)15(17)12-8-4-7-11(9-12)10-5-2-1-3-6-10/h1-3,5-6,11-12,17H,4,7-9H2,(H2,14,16)/t11-,12-/m1/s1. The summed E-state index contributed by atoms with van der Waals surface area (Å²) in [5, 5.41) is 10.3. The molecule has 0 heterocycles. The SMILES string of the molecule is NC(=O)N(O)[C@@H]1CCC[C@@H](c2ccccc2)C1. The van der Waals surface area contributed by atoms with Crippen molar-refractivity contribution in [3.05, 3.63) is 35.9 Å². The van der Waals surface area contributed by atoms with E-state index in [-0.39, 0.29) is 6.04 Å². The Kier molecular flexibility index (Phi) is 3.64. The predicted molar refractivity (Wildman–Crippen MR) is 64.6 cm³/mol. The third kappa shape index (κ3) is 2.77. The molecule has 92 valence electrons. The number of amides is 2. The van der Waals surface area contributed by atoms with Crippen molar-refractivity contribution in [2.45, 2.75) is 37.6 Å². The average molecular weight is 234 g/mol. The molecule has 0 aromatic heterocycles. The van der Waals surface area contributed by atoms with Crippen molar-refractivity contribution in [1.29, 1.82) is 0 Å². The molecule has 4 heteroatoms. The fourth-order valence-corrected chi connectivity index (χ4v) is 2.59. The molecule has 1 fully saturated rings. The normalized spacial score (nSPS) is 24.3. The van der Waals surface area contributed by atoms with E-state index in [0.717, 1.165) is 25.7 Å². The zero-order chi connectivity index (χ0) is 12.3. The molecule has 1 aliphatic carbocycles. The minimum absolute atomic E-state index is 0.147. The first-order valence-electron chi connectivity index (χ1n) is 6.01. The molecule has 0 saturated heterocycles. The molecule has 0 radical (unpaired) electrons. The van der Waals surface area contributed by atoms with Gasteiger partial charge in [-0.1, -0.05) is 36.8 Å². The number of carbonyl (C=O) groups is 1. The molecular weight excluding hydrogens is 216 g/mol. The Hall–Kier alpha value is -1.55. The highest BCUT2D eigenvalue weighted by molar-refractivity contribution is 5.70. The number of carbonyl (C=O) groups excluding carboxylic acids is 1. The van der Waals surface area contributed by atoms with Crippen LogP contribution in [0.5, 0.6) is 0 Å². The summed E-state index contributed by atoms with van der Waals surface area (Å²) in [6.07, 6.45) is 3.72. The molecule has 17 heavy (non-hydrogen) atoms. The van der Waals surface area contributed by atoms with Gasteiger partial charge in [0, 0.05) is 0 Å². The van der Waals surface area contributed by atoms with E-state index in [9.17, 15) is 10.0 Å². The molecule has 1 aromatic rings. The summed E-state index contributed by atoms with van der Waals surface area (Å²) in [6.45, 7) is 0. The van der Waals surface area contributed by atoms with Crippen molar-refractivity contribution in [1.82, 2.24) is 5.06 Å². The minimum atomic E-state index is -0.760. The maximum absolute atomic E-state index is 10.9. The van der Waals surface area contributed by atoms with Gasteiger partial charge in [-0.15, -0.1) is 0 Å². The summed E-state index contributed by atoms with van der Waals surface area (Å²) in [7, 11) is 0. The van der Waals surface area contributed by atoms with Gasteiger partial charge >= 0.3 is 6.03 Å². The van der Waals surface area contributed by atoms with Crippen molar-refractivity contribution in [2.75, 3.05) is 0 Å². The van der Waals surface area contributed by atoms with Crippen LogP contribution in [0.2, 0.25) is 0 Å². The van der Waals surface area contributed by atoms with E-state index >= 15 is 0 Å². The van der Waals surface area contributed by atoms with E-state index in [1.165, 1.54) is 5.56 Å². The van der Waals surface area contributed by atoms with E-state index in [4.69, 9.17) is 5.73 Å². The van der Waals surface area contributed by atoms with Gasteiger partial charge in [-0.25, -0.2) is 9.86 Å². The van der Waals surface area contributed by atoms with Crippen molar-refractivity contribution in [3.63, 3.8) is 0 Å². The molecule has 1 saturated carbocycles. The second-order valence-electron chi connectivity index (χ2n) is 4.61. The Morgan fingerprint density at radius 2 is 2.00 bits per heavy atom. The monoisotopic (exact) mass is 234 g/mol. The molecule has 0 bridgehead atoms. The van der Waals surface area contributed by atoms with Gasteiger partial charge in [-0.2, -0.15) is 0 Å². The Bertz CT molecular complexity index is 380. The summed E-state index contributed by atoms with van der Waals surface area (Å²) < 4.78 is 0. The summed E-state index contributed by atoms with van der Waals surface area (Å²) >= 11 is 0. The van der Waals surface area contributed by atoms with Gasteiger partial charge in [0.2, 0.25) is 0 Å². The number of nitrogens with two attached hydrogens (primary N) is 1. The van der Waals surface area contributed by atoms with Gasteiger partial charge in [0.25, 0.3) is 0 Å². The van der Waals surface area contributed by atoms with Crippen LogP contribution in [0.15, 0.2) is 30.3 Å². The van der Waals surface area contributed by atoms with E-state index in [1.54, 1.807) is 0 Å². The summed E-state index contributed by atoms with van der Waals surface area (Å²) in [5.41, 5.74) is 6.36. The van der Waals surface area contributed by atoms with Gasteiger partial charge in [0.15, 0.2) is 0 Å². The highest BCUT2D eigenvalue weighted by atomic mass is 16.5. The third-order valence-electron chi connectivity index (χ3n) is 3.49. The minimum Gasteiger partial charge on any atom is -0.350 e. The Morgan fingerprint density at radius 3 is 2.65 bits per heavy atom. The lowest BCUT2D eigenvalue weighted by atomic mass is 9.81. The zero-order valence-electron chi connectivity index (χ0n) is 9.75. The van der Waals surface area contributed by atoms with Crippen LogP contribution in [-0.4, -0.2) is 22.3 Å². The molecule has 2 rings (SSSR count). The van der Waals surface area contributed by atoms with Crippen molar-refractivity contribution in [2.24, 2.45) is 5.73 Å². The van der Waals surface area contributed by atoms with Crippen LogP contribution in [0.1, 0.15) is 37.2 Å². The van der Waals surface area contributed by atoms with Gasteiger partial charge in [0.05, 0.1) is 6.04 Å². The number of hydrogen-bond donors (Lipinski definition) is 2. The smallest absolute Gasteiger partial charge is 0.338 e. The largest absolute Gasteiger partial charge is 0.350 e. The molecule has 4 nitrogen and oxygen atoms in total. The molecule has 1 aromatic carbocycles. The molecule has 2 atom stereocenters. The zero-order valence-corrected chi connectivity index (χ0v) is 9.75. The van der Waals surface area contributed by atoms with Gasteiger partial charge in [-0.05, 0) is 30.7 Å². The van der Waals surface area contributed by atoms with Gasteiger partial charge in [0.1, 0.15) is 0 Å². The molecule has 3 N–H and O–H groups in total. The van der Waals surface area contributed by atoms with Crippen LogP contribution in [-0.2, 0) is 0 Å². The second kappa shape index (κ2) is 5.19. The second-order valence-corrected chi connectivity index (χ2v) is 4.61. The highest BCUT2D eigenvalue weighted by Gasteiger charge is 2.28. The fraction of sp³-hybridized carbons (Fsp3) is 0.462. The molecule has 0 unspecified atom stereocenters. The van der Waals surface area contributed by atoms with Crippen LogP contribution < -0.4 is 5.73 Å². The number of benzene rings is 1. The van der Waals surface area contributed by atoms with Crippen LogP contribution in [0, 0.1) is 0 Å². The first-order chi connectivity index (χ1) is 8.18. The lowest BCUT2D eigenvalue weighted by Gasteiger charge is -2.33. The van der Waals surface area contributed by atoms with Crippen LogP contribution >= 0.6 is 0 Å². The Balaban J connectivity index is 2.05. The van der Waals surface area contributed by atoms with Crippen molar-refractivity contribution in [3.8, 4) is 0 Å². The van der Waals surface area contributed by atoms with E-state index in [0.29, 0.717) is 11.0 Å². The van der Waals surface area contributed by atoms with Crippen LogP contribution in [0.25, 0.3) is 0 Å². The molecular formula is C13H18N2O2. The molecule has 0 spiro atoms. The van der Waals surface area contributed by atoms with Gasteiger partial charge < -0.3 is 5.73 Å². The van der Waals surface area contributed by atoms with Crippen molar-refractivity contribution >= 4 is 6.03 Å². The topological polar surface area (TPSA) is 66.6 Å². The summed E-state index contributed by atoms with van der Waals surface area (Å²) in [4.78, 5) is 10.9. The van der Waals surface area contributed by atoms with Crippen LogP contribution in [0.4, 0.5) is 4.79 Å². The first kappa shape index (κ1) is 11.9. The predicted octanol–water partition coefficient (Wildman–Crippen LogP) is 2.48. The first-order valence-corrected chi connectivity index (χ1v) is 6.01. The van der Waals surface area contributed by atoms with Crippen LogP contribution in [0.3, 0.4) is 0 Å². The summed E-state index contributed by atoms with van der Waals surface area (Å²) in [5.74, 6) is 0.406. The Labute approximate surface area is 101 Å². The lowest BCUT2D eigenvalue weighted by molar-refractivity contribution is -0.0858. The average Bonchev–Trinajstić information content (AvgIpc) is 2.39. The number of nitrogens with zero attached hydrogens (tertiary/aromatic N) is 1. The molecule has 1 aliphatic rings. The maximum atomic E-state index is 10.9. The fourth-order valence-electron chi connectivity index (χ4n) is 2.59. The lowest BCUT2D eigenvalue weighted by Crippen LogP contribution is -2.43. The van der Waals surface area contributed by atoms with Gasteiger partial charge in [-0.3, -0.25) is 5.21 Å². The number of primary amides is 1. The van der Waals surface area contributed by atoms with Crippen molar-refractivity contribution < 1.29 is 10.0 Å². The van der Waals surface area contributed by atoms with E-state index in [2.05, 4.69) is 12.1 Å². The number of rotatable bonds is 2. The maximum Gasteiger partial charge on any atom is 0.338 e. The van der Waals surface area contributed by atoms with E-state index < -0.39 is 6.03 Å². The van der Waals surface area contributed by atoms with E-state index in [1.807, 2.05) is 18.2 Å². The number of hydrogen-bond acceptors (Lipinski definition) is 2. The Morgan fingerprint density at radius 1 is 1.29 bits per heavy atom. The quantitative estimate of drug-likeness (QED) is 0.609. The molecule has 0 aliphatic heterocycles. The number of hydroxylamine groups is 2. The number of urea groups is 1. The summed E-state index contributed by atoms with van der Waals surface area (Å²) in [6, 6.07) is 9.31. The third-order valence-corrected chi connectivity index (χ3v) is 3.49. The highest BCUT2D eigenvalue weighted by Crippen LogP contribution is 2.34.